The Hall–Kier alpha value is 1.82. The van der Waals surface area contributed by atoms with Crippen LogP contribution in [0.2, 0.25) is 0 Å². The van der Waals surface area contributed by atoms with Gasteiger partial charge in [0.1, 0.15) is 13.0 Å². The first-order chi connectivity index (χ1) is 9.00. The molecule has 0 bridgehead atoms. The first kappa shape index (κ1) is 35.0. The van der Waals surface area contributed by atoms with E-state index in [4.69, 9.17) is 0 Å². The minimum absolute atomic E-state index is 0. The van der Waals surface area contributed by atoms with E-state index in [1.807, 2.05) is 40.1 Å². The minimum atomic E-state index is 0. The van der Waals surface area contributed by atoms with Crippen molar-refractivity contribution in [2.75, 3.05) is 48.3 Å². The molecule has 0 aromatic carbocycles. The maximum atomic E-state index is 4.65. The van der Waals surface area contributed by atoms with E-state index in [0.29, 0.717) is 26.1 Å². The smallest absolute Gasteiger partial charge is 0.369 e. The molecule has 0 saturated carbocycles. The van der Waals surface area contributed by atoms with Crippen LogP contribution in [0.1, 0.15) is 0 Å². The molecule has 0 heterocycles. The SMILES string of the molecule is CN(C)C.CN(C)C(=S)S.S=C(S)NCCNC(=S)S.[Mn+2].[Zn+2]. The predicted molar refractivity (Wildman–Crippen MR) is 114 cm³/mol. The summed E-state index contributed by atoms with van der Waals surface area (Å²) >= 11 is 25.5. The van der Waals surface area contributed by atoms with Crippen LogP contribution in [0, 0.1) is 0 Å². The topological polar surface area (TPSA) is 30.5 Å². The molecule has 0 unspecified atom stereocenters. The molecule has 2 N–H and O–H groups in total. The summed E-state index contributed by atoms with van der Waals surface area (Å²) in [5.74, 6) is 0. The summed E-state index contributed by atoms with van der Waals surface area (Å²) in [7, 11) is 9.71. The van der Waals surface area contributed by atoms with E-state index in [1.54, 1.807) is 4.90 Å². The van der Waals surface area contributed by atoms with Gasteiger partial charge in [0.25, 0.3) is 0 Å². The number of hydrogen-bond donors (Lipinski definition) is 5. The van der Waals surface area contributed by atoms with Gasteiger partial charge in [-0.1, -0.05) is 36.7 Å². The third-order valence-electron chi connectivity index (χ3n) is 1.06. The Morgan fingerprint density at radius 1 is 0.818 bits per heavy atom. The van der Waals surface area contributed by atoms with Crippen molar-refractivity contribution in [2.24, 2.45) is 0 Å². The molecule has 12 heteroatoms. The zero-order chi connectivity index (χ0) is 16.7. The maximum Gasteiger partial charge on any atom is 2.00 e. The quantitative estimate of drug-likeness (QED) is 0.170. The summed E-state index contributed by atoms with van der Waals surface area (Å²) in [5, 5.41) is 5.68. The molecule has 125 valence electrons. The van der Waals surface area contributed by atoms with Crippen molar-refractivity contribution in [3.8, 4) is 0 Å². The second kappa shape index (κ2) is 25.1. The fourth-order valence-corrected chi connectivity index (χ4v) is 0.767. The molecule has 0 aliphatic carbocycles. The normalized spacial score (nSPS) is 7.68. The number of thiol groups is 3. The Morgan fingerprint density at radius 3 is 1.09 bits per heavy atom. The second-order valence-corrected chi connectivity index (χ2v) is 7.41. The summed E-state index contributed by atoms with van der Waals surface area (Å²) in [6, 6.07) is 0. The summed E-state index contributed by atoms with van der Waals surface area (Å²) in [6.07, 6.45) is 0. The number of hydrogen-bond acceptors (Lipinski definition) is 4. The molecule has 0 aromatic heterocycles. The van der Waals surface area contributed by atoms with Crippen LogP contribution in [0.15, 0.2) is 0 Å². The Morgan fingerprint density at radius 2 is 1.00 bits per heavy atom. The molecule has 0 amide bonds. The molecular weight excluding hydrogens is 489 g/mol. The van der Waals surface area contributed by atoms with Crippen LogP contribution >= 0.6 is 74.5 Å². The molecule has 0 aliphatic heterocycles. The van der Waals surface area contributed by atoms with Gasteiger partial charge in [-0.2, -0.15) is 0 Å². The second-order valence-electron chi connectivity index (χ2n) is 3.98. The fourth-order valence-electron chi connectivity index (χ4n) is 0.339. The fraction of sp³-hybridized carbons (Fsp3) is 0.700. The summed E-state index contributed by atoms with van der Waals surface area (Å²) in [6.45, 7) is 1.42. The van der Waals surface area contributed by atoms with Crippen molar-refractivity contribution in [3.05, 3.63) is 0 Å². The zero-order valence-corrected chi connectivity index (χ0v) is 22.7. The molecule has 0 saturated heterocycles. The minimum Gasteiger partial charge on any atom is -0.369 e. The van der Waals surface area contributed by atoms with Crippen molar-refractivity contribution in [3.63, 3.8) is 0 Å². The Labute approximate surface area is 191 Å². The molecule has 0 spiro atoms. The van der Waals surface area contributed by atoms with Crippen LogP contribution in [-0.2, 0) is 36.5 Å². The average molecular weight is 513 g/mol. The van der Waals surface area contributed by atoms with E-state index in [0.717, 1.165) is 0 Å². The van der Waals surface area contributed by atoms with Crippen molar-refractivity contribution < 1.29 is 36.5 Å². The van der Waals surface area contributed by atoms with Gasteiger partial charge in [0.05, 0.1) is 0 Å². The largest absolute Gasteiger partial charge is 2.00 e. The number of thiocarbonyl (C=S) groups is 3. The predicted octanol–water partition coefficient (Wildman–Crippen LogP) is 1.53. The molecule has 0 aromatic rings. The van der Waals surface area contributed by atoms with E-state index >= 15 is 0 Å². The van der Waals surface area contributed by atoms with Gasteiger partial charge in [-0.3, -0.25) is 0 Å². The zero-order valence-electron chi connectivity index (χ0n) is 13.5. The van der Waals surface area contributed by atoms with Gasteiger partial charge in [-0.25, -0.2) is 0 Å². The van der Waals surface area contributed by atoms with E-state index in [9.17, 15) is 0 Å². The van der Waals surface area contributed by atoms with Crippen molar-refractivity contribution in [1.29, 1.82) is 0 Å². The Kier molecular flexibility index (Phi) is 39.9. The van der Waals surface area contributed by atoms with Crippen LogP contribution in [0.3, 0.4) is 0 Å². The van der Waals surface area contributed by atoms with Crippen LogP contribution in [0.5, 0.6) is 0 Å². The van der Waals surface area contributed by atoms with Crippen molar-refractivity contribution >= 4 is 87.5 Å². The summed E-state index contributed by atoms with van der Waals surface area (Å²) in [5.41, 5.74) is 0. The van der Waals surface area contributed by atoms with Gasteiger partial charge in [-0.15, -0.1) is 37.9 Å². The van der Waals surface area contributed by atoms with Gasteiger partial charge < -0.3 is 20.4 Å². The number of nitrogens with one attached hydrogen (secondary N) is 2. The number of rotatable bonds is 3. The van der Waals surface area contributed by atoms with E-state index in [1.165, 1.54) is 0 Å². The van der Waals surface area contributed by atoms with E-state index in [2.05, 4.69) is 85.2 Å². The summed E-state index contributed by atoms with van der Waals surface area (Å²) < 4.78 is 1.61. The Balaban J connectivity index is -0.0000000697. The number of nitrogens with zero attached hydrogens (tertiary/aromatic N) is 2. The first-order valence-corrected chi connectivity index (χ1v) is 8.02. The molecule has 0 aliphatic rings. The maximum absolute atomic E-state index is 4.65. The summed E-state index contributed by atoms with van der Waals surface area (Å²) in [4.78, 5) is 3.76. The monoisotopic (exact) mass is 511 g/mol. The van der Waals surface area contributed by atoms with Gasteiger partial charge in [0, 0.05) is 27.2 Å². The van der Waals surface area contributed by atoms with E-state index in [-0.39, 0.29) is 36.5 Å². The molecular formula is C10H24MnN4S6Zn+4. The van der Waals surface area contributed by atoms with Gasteiger partial charge >= 0.3 is 36.5 Å². The van der Waals surface area contributed by atoms with Crippen LogP contribution in [0.25, 0.3) is 0 Å². The molecule has 0 fully saturated rings. The first-order valence-electron chi connectivity index (χ1n) is 5.45. The van der Waals surface area contributed by atoms with Crippen molar-refractivity contribution in [1.82, 2.24) is 20.4 Å². The molecule has 1 radical (unpaired) electrons. The van der Waals surface area contributed by atoms with Crippen LogP contribution < -0.4 is 10.6 Å². The third-order valence-corrected chi connectivity index (χ3v) is 2.43. The van der Waals surface area contributed by atoms with Gasteiger partial charge in [0.2, 0.25) is 0 Å². The van der Waals surface area contributed by atoms with Gasteiger partial charge in [0.15, 0.2) is 0 Å². The van der Waals surface area contributed by atoms with E-state index < -0.39 is 0 Å². The van der Waals surface area contributed by atoms with Gasteiger partial charge in [-0.05, 0) is 21.1 Å². The standard InChI is InChI=1S/C4H8N2S4.C3H7NS2.C3H9N.Mn.Zn/c7-3(8)5-1-2-6-4(9)10;1-4(2)3(5)6;1-4(2)3;;/h1-2H2,(H2,5,7,8)(H2,6,9,10);1-2H3,(H,5,6);1-3H3;;/q;;;2*+2. The average Bonchev–Trinajstić information content (AvgIpc) is 2.23. The third kappa shape index (κ3) is 57.5. The van der Waals surface area contributed by atoms with Crippen LogP contribution in [-0.4, -0.2) is 71.1 Å². The molecule has 0 rings (SSSR count). The molecule has 0 atom stereocenters. The molecule has 22 heavy (non-hydrogen) atoms. The van der Waals surface area contributed by atoms with Crippen molar-refractivity contribution in [2.45, 2.75) is 0 Å². The Bertz CT molecular complexity index is 276. The van der Waals surface area contributed by atoms with Crippen LogP contribution in [0.4, 0.5) is 0 Å². The molecule has 4 nitrogen and oxygen atoms in total.